The Labute approximate surface area is 84.3 Å². The van der Waals surface area contributed by atoms with E-state index in [1.807, 2.05) is 0 Å². The van der Waals surface area contributed by atoms with Gasteiger partial charge in [0, 0.05) is 18.9 Å². The van der Waals surface area contributed by atoms with Crippen molar-refractivity contribution in [1.82, 2.24) is 5.32 Å². The summed E-state index contributed by atoms with van der Waals surface area (Å²) < 4.78 is 5.71. The number of benzene rings is 1. The van der Waals surface area contributed by atoms with Crippen molar-refractivity contribution in [2.24, 2.45) is 0 Å². The lowest BCUT2D eigenvalue weighted by Gasteiger charge is -2.12. The van der Waals surface area contributed by atoms with Crippen LogP contribution in [-0.2, 0) is 6.42 Å². The molecular weight excluding hydrogens is 174 g/mol. The van der Waals surface area contributed by atoms with Gasteiger partial charge in [0.05, 0.1) is 6.61 Å². The maximum absolute atomic E-state index is 5.71. The van der Waals surface area contributed by atoms with Crippen molar-refractivity contribution in [3.63, 3.8) is 0 Å². The first-order chi connectivity index (χ1) is 6.95. The van der Waals surface area contributed by atoms with Crippen LogP contribution in [0.15, 0.2) is 18.2 Å². The maximum Gasteiger partial charge on any atom is 0.126 e. The van der Waals surface area contributed by atoms with Crippen LogP contribution in [0.1, 0.15) is 23.5 Å². The summed E-state index contributed by atoms with van der Waals surface area (Å²) in [6, 6.07) is 6.58. The van der Waals surface area contributed by atoms with Gasteiger partial charge in [-0.2, -0.15) is 0 Å². The lowest BCUT2D eigenvalue weighted by atomic mass is 9.95. The van der Waals surface area contributed by atoms with Crippen molar-refractivity contribution in [1.29, 1.82) is 0 Å². The van der Waals surface area contributed by atoms with E-state index in [0.29, 0.717) is 5.92 Å². The minimum Gasteiger partial charge on any atom is -0.493 e. The molecule has 2 heteroatoms. The summed E-state index contributed by atoms with van der Waals surface area (Å²) in [4.78, 5) is 0. The zero-order chi connectivity index (χ0) is 9.38. The molecule has 2 aliphatic heterocycles. The molecule has 1 atom stereocenters. The van der Waals surface area contributed by atoms with Crippen molar-refractivity contribution in [3.05, 3.63) is 29.3 Å². The predicted molar refractivity (Wildman–Crippen MR) is 55.9 cm³/mol. The number of fused-ring (bicyclic) bond motifs is 1. The molecule has 1 aromatic carbocycles. The van der Waals surface area contributed by atoms with Gasteiger partial charge in [0.1, 0.15) is 5.75 Å². The number of ether oxygens (including phenoxy) is 1. The molecule has 0 saturated carbocycles. The molecule has 0 amide bonds. The smallest absolute Gasteiger partial charge is 0.126 e. The fourth-order valence-corrected chi connectivity index (χ4v) is 2.48. The van der Waals surface area contributed by atoms with Gasteiger partial charge in [-0.1, -0.05) is 18.2 Å². The Balaban J connectivity index is 2.00. The first-order valence-electron chi connectivity index (χ1n) is 5.40. The second-order valence-electron chi connectivity index (χ2n) is 4.12. The Morgan fingerprint density at radius 1 is 1.36 bits per heavy atom. The molecule has 1 saturated heterocycles. The largest absolute Gasteiger partial charge is 0.493 e. The van der Waals surface area contributed by atoms with E-state index in [0.717, 1.165) is 26.1 Å². The molecule has 3 rings (SSSR count). The normalized spacial score (nSPS) is 24.7. The van der Waals surface area contributed by atoms with Crippen molar-refractivity contribution >= 4 is 0 Å². The molecule has 1 aromatic rings. The molecule has 2 aliphatic rings. The van der Waals surface area contributed by atoms with Gasteiger partial charge >= 0.3 is 0 Å². The number of para-hydroxylation sites is 1. The quantitative estimate of drug-likeness (QED) is 0.726. The number of hydrogen-bond acceptors (Lipinski definition) is 2. The third-order valence-corrected chi connectivity index (χ3v) is 3.24. The van der Waals surface area contributed by atoms with E-state index in [1.54, 1.807) is 0 Å². The van der Waals surface area contributed by atoms with Gasteiger partial charge < -0.3 is 10.1 Å². The maximum atomic E-state index is 5.71. The van der Waals surface area contributed by atoms with Crippen LogP contribution in [0.25, 0.3) is 0 Å². The topological polar surface area (TPSA) is 21.3 Å². The molecule has 1 N–H and O–H groups in total. The highest BCUT2D eigenvalue weighted by Gasteiger charge is 2.24. The Hall–Kier alpha value is -1.02. The zero-order valence-corrected chi connectivity index (χ0v) is 8.25. The molecular formula is C12H15NO. The van der Waals surface area contributed by atoms with Gasteiger partial charge in [0.25, 0.3) is 0 Å². The van der Waals surface area contributed by atoms with Gasteiger partial charge in [0.15, 0.2) is 0 Å². The summed E-state index contributed by atoms with van der Waals surface area (Å²) in [7, 11) is 0. The molecule has 0 spiro atoms. The summed E-state index contributed by atoms with van der Waals surface area (Å²) in [6.07, 6.45) is 2.34. The molecule has 0 radical (unpaired) electrons. The number of nitrogens with one attached hydrogen (secondary N) is 1. The van der Waals surface area contributed by atoms with E-state index in [1.165, 1.54) is 23.3 Å². The monoisotopic (exact) mass is 189 g/mol. The molecule has 14 heavy (non-hydrogen) atoms. The predicted octanol–water partition coefficient (Wildman–Crippen LogP) is 1.70. The second kappa shape index (κ2) is 3.28. The van der Waals surface area contributed by atoms with Crippen molar-refractivity contribution in [2.75, 3.05) is 19.7 Å². The van der Waals surface area contributed by atoms with E-state index in [9.17, 15) is 0 Å². The summed E-state index contributed by atoms with van der Waals surface area (Å²) in [5.41, 5.74) is 2.82. The Bertz CT molecular complexity index is 342. The molecule has 0 bridgehead atoms. The molecule has 0 unspecified atom stereocenters. The van der Waals surface area contributed by atoms with Crippen LogP contribution < -0.4 is 10.1 Å². The SMILES string of the molecule is c1cc2c(c([C@H]3CCNC3)c1)OCC2. The average Bonchev–Trinajstić information content (AvgIpc) is 2.88. The lowest BCUT2D eigenvalue weighted by Crippen LogP contribution is -2.08. The van der Waals surface area contributed by atoms with Gasteiger partial charge in [-0.15, -0.1) is 0 Å². The highest BCUT2D eigenvalue weighted by atomic mass is 16.5. The third kappa shape index (κ3) is 1.22. The Kier molecular flexibility index (Phi) is 1.95. The van der Waals surface area contributed by atoms with Crippen LogP contribution in [0.4, 0.5) is 0 Å². The number of hydrogen-bond donors (Lipinski definition) is 1. The van der Waals surface area contributed by atoms with E-state index < -0.39 is 0 Å². The van der Waals surface area contributed by atoms with E-state index in [-0.39, 0.29) is 0 Å². The fourth-order valence-electron chi connectivity index (χ4n) is 2.48. The number of rotatable bonds is 1. The van der Waals surface area contributed by atoms with Crippen LogP contribution in [0.2, 0.25) is 0 Å². The van der Waals surface area contributed by atoms with Crippen LogP contribution in [0.3, 0.4) is 0 Å². The molecule has 74 valence electrons. The minimum atomic E-state index is 0.669. The van der Waals surface area contributed by atoms with Crippen molar-refractivity contribution in [2.45, 2.75) is 18.8 Å². The van der Waals surface area contributed by atoms with Crippen molar-refractivity contribution in [3.8, 4) is 5.75 Å². The summed E-state index contributed by atoms with van der Waals surface area (Å²) in [5, 5.41) is 3.41. The average molecular weight is 189 g/mol. The minimum absolute atomic E-state index is 0.669. The molecule has 2 nitrogen and oxygen atoms in total. The van der Waals surface area contributed by atoms with Gasteiger partial charge in [-0.3, -0.25) is 0 Å². The molecule has 0 aromatic heterocycles. The molecule has 1 fully saturated rings. The third-order valence-electron chi connectivity index (χ3n) is 3.24. The molecule has 0 aliphatic carbocycles. The van der Waals surface area contributed by atoms with Gasteiger partial charge in [-0.25, -0.2) is 0 Å². The molecule has 2 heterocycles. The van der Waals surface area contributed by atoms with E-state index in [2.05, 4.69) is 23.5 Å². The van der Waals surface area contributed by atoms with Crippen molar-refractivity contribution < 1.29 is 4.74 Å². The Morgan fingerprint density at radius 3 is 3.21 bits per heavy atom. The van der Waals surface area contributed by atoms with Gasteiger partial charge in [-0.05, 0) is 24.1 Å². The lowest BCUT2D eigenvalue weighted by molar-refractivity contribution is 0.351. The summed E-state index contributed by atoms with van der Waals surface area (Å²) in [5.74, 6) is 1.85. The standard InChI is InChI=1S/C12H15NO/c1-2-9-5-7-14-12(9)11(3-1)10-4-6-13-8-10/h1-3,10,13H,4-8H2/t10-/m0/s1. The highest BCUT2D eigenvalue weighted by molar-refractivity contribution is 5.46. The fraction of sp³-hybridized carbons (Fsp3) is 0.500. The first kappa shape index (κ1) is 8.30. The van der Waals surface area contributed by atoms with E-state index >= 15 is 0 Å². The van der Waals surface area contributed by atoms with Crippen LogP contribution in [0, 0.1) is 0 Å². The van der Waals surface area contributed by atoms with E-state index in [4.69, 9.17) is 4.74 Å². The van der Waals surface area contributed by atoms with Crippen LogP contribution in [-0.4, -0.2) is 19.7 Å². The highest BCUT2D eigenvalue weighted by Crippen LogP contribution is 2.36. The summed E-state index contributed by atoms with van der Waals surface area (Å²) >= 11 is 0. The van der Waals surface area contributed by atoms with Gasteiger partial charge in [0.2, 0.25) is 0 Å². The summed E-state index contributed by atoms with van der Waals surface area (Å²) in [6.45, 7) is 3.13. The zero-order valence-electron chi connectivity index (χ0n) is 8.25. The first-order valence-corrected chi connectivity index (χ1v) is 5.40. The second-order valence-corrected chi connectivity index (χ2v) is 4.12. The Morgan fingerprint density at radius 2 is 2.36 bits per heavy atom. The van der Waals surface area contributed by atoms with Crippen LogP contribution in [0.5, 0.6) is 5.75 Å². The van der Waals surface area contributed by atoms with Crippen LogP contribution >= 0.6 is 0 Å².